The van der Waals surface area contributed by atoms with Gasteiger partial charge in [0.05, 0.1) is 19.3 Å². The first-order valence-corrected chi connectivity index (χ1v) is 13.8. The number of hydrogen-bond donors (Lipinski definition) is 2. The van der Waals surface area contributed by atoms with Crippen LogP contribution in [0.15, 0.2) is 47.3 Å². The summed E-state index contributed by atoms with van der Waals surface area (Å²) in [5.41, 5.74) is 0.0974. The van der Waals surface area contributed by atoms with Crippen molar-refractivity contribution < 1.29 is 14.3 Å². The molecule has 3 aromatic rings. The Kier molecular flexibility index (Phi) is 6.55. The average Bonchev–Trinajstić information content (AvgIpc) is 3.61. The first kappa shape index (κ1) is 24.9. The van der Waals surface area contributed by atoms with Crippen molar-refractivity contribution in [1.29, 1.82) is 0 Å². The number of nitrogens with zero attached hydrogens (tertiary/aromatic N) is 3. The molecule has 0 aliphatic heterocycles. The zero-order valence-electron chi connectivity index (χ0n) is 21.9. The lowest BCUT2D eigenvalue weighted by atomic mass is 9.83. The van der Waals surface area contributed by atoms with Crippen molar-refractivity contribution in [2.24, 2.45) is 0 Å². The Morgan fingerprint density at radius 2 is 2.00 bits per heavy atom. The van der Waals surface area contributed by atoms with Gasteiger partial charge in [-0.3, -0.25) is 9.59 Å². The Bertz CT molecular complexity index is 1410. The van der Waals surface area contributed by atoms with Gasteiger partial charge in [-0.05, 0) is 62.6 Å². The number of aromatic amines is 1. The summed E-state index contributed by atoms with van der Waals surface area (Å²) >= 11 is 0. The number of methoxy groups -OCH3 is 1. The van der Waals surface area contributed by atoms with E-state index in [0.717, 1.165) is 62.7 Å². The maximum Gasteiger partial charge on any atom is 0.275 e. The molecule has 0 bridgehead atoms. The van der Waals surface area contributed by atoms with E-state index in [0.29, 0.717) is 30.1 Å². The predicted molar refractivity (Wildman–Crippen MR) is 142 cm³/mol. The third kappa shape index (κ3) is 4.75. The Labute approximate surface area is 221 Å². The van der Waals surface area contributed by atoms with Gasteiger partial charge < -0.3 is 19.8 Å². The molecule has 9 heteroatoms. The molecule has 2 saturated carbocycles. The van der Waals surface area contributed by atoms with Crippen LogP contribution in [0.3, 0.4) is 0 Å². The van der Waals surface area contributed by atoms with Gasteiger partial charge in [0.1, 0.15) is 11.4 Å². The predicted octanol–water partition coefficient (Wildman–Crippen LogP) is 4.27. The van der Waals surface area contributed by atoms with E-state index in [2.05, 4.69) is 32.5 Å². The Hall–Kier alpha value is -3.46. The van der Waals surface area contributed by atoms with Crippen molar-refractivity contribution in [1.82, 2.24) is 24.9 Å². The summed E-state index contributed by atoms with van der Waals surface area (Å²) in [5.74, 6) is 2.04. The van der Waals surface area contributed by atoms with Crippen molar-refractivity contribution in [3.05, 3.63) is 69.9 Å². The van der Waals surface area contributed by atoms with Gasteiger partial charge in [0.2, 0.25) is 5.78 Å². The molecule has 2 N–H and O–H groups in total. The summed E-state index contributed by atoms with van der Waals surface area (Å²) in [6, 6.07) is 9.41. The van der Waals surface area contributed by atoms with Crippen molar-refractivity contribution in [3.8, 4) is 5.75 Å². The molecule has 0 saturated heterocycles. The minimum absolute atomic E-state index is 0.0731. The largest absolute Gasteiger partial charge is 0.497 e. The molecule has 2 aromatic heterocycles. The highest BCUT2D eigenvalue weighted by atomic mass is 16.5. The van der Waals surface area contributed by atoms with Crippen LogP contribution in [0.2, 0.25) is 0 Å². The summed E-state index contributed by atoms with van der Waals surface area (Å²) < 4.78 is 13.2. The fraction of sp³-hybridized carbons (Fsp3) is 0.517. The smallest absolute Gasteiger partial charge is 0.275 e. The number of allylic oxidation sites excluding steroid dienone is 2. The van der Waals surface area contributed by atoms with Gasteiger partial charge in [-0.1, -0.05) is 43.5 Å². The summed E-state index contributed by atoms with van der Waals surface area (Å²) in [6.45, 7) is 0.125. The third-order valence-electron chi connectivity index (χ3n) is 8.34. The second-order valence-corrected chi connectivity index (χ2v) is 10.9. The highest BCUT2D eigenvalue weighted by Crippen LogP contribution is 2.47. The Morgan fingerprint density at radius 3 is 2.74 bits per heavy atom. The van der Waals surface area contributed by atoms with Crippen LogP contribution in [-0.4, -0.2) is 38.2 Å². The van der Waals surface area contributed by atoms with Crippen LogP contribution < -0.4 is 15.6 Å². The maximum absolute atomic E-state index is 13.8. The molecular formula is C29H35N5O4. The molecule has 2 fully saturated rings. The van der Waals surface area contributed by atoms with Crippen LogP contribution in [0, 0.1) is 0 Å². The molecule has 1 unspecified atom stereocenters. The van der Waals surface area contributed by atoms with E-state index in [4.69, 9.17) is 9.47 Å². The maximum atomic E-state index is 13.8. The minimum Gasteiger partial charge on any atom is -0.497 e. The molecule has 1 amide bonds. The number of ether oxygens (including phenoxy) is 2. The van der Waals surface area contributed by atoms with Gasteiger partial charge in [-0.2, -0.15) is 9.50 Å². The molecular weight excluding hydrogens is 482 g/mol. The monoisotopic (exact) mass is 517 g/mol. The van der Waals surface area contributed by atoms with Crippen LogP contribution in [0.4, 0.5) is 0 Å². The van der Waals surface area contributed by atoms with Crippen molar-refractivity contribution in [3.63, 3.8) is 0 Å². The zero-order chi connectivity index (χ0) is 26.2. The number of carbonyl (C=O) groups excluding carboxylic acids is 1. The lowest BCUT2D eigenvalue weighted by molar-refractivity contribution is -0.155. The normalized spacial score (nSPS) is 21.8. The van der Waals surface area contributed by atoms with E-state index >= 15 is 0 Å². The SMILES string of the molecule is COc1cccc(C2(NC(=O)C3(OCc4cc(=O)n5nc(C6CC=CCC6)nc5[nH]4)CCCCC3)CC2)c1. The van der Waals surface area contributed by atoms with Crippen molar-refractivity contribution >= 4 is 11.7 Å². The summed E-state index contributed by atoms with van der Waals surface area (Å²) in [5, 5.41) is 7.81. The topological polar surface area (TPSA) is 111 Å². The van der Waals surface area contributed by atoms with Crippen LogP contribution in [0.5, 0.6) is 5.75 Å². The molecule has 0 radical (unpaired) electrons. The number of fused-ring (bicyclic) bond motifs is 1. The van der Waals surface area contributed by atoms with Gasteiger partial charge in [-0.15, -0.1) is 5.10 Å². The quantitative estimate of drug-likeness (QED) is 0.432. The highest BCUT2D eigenvalue weighted by molar-refractivity contribution is 5.86. The molecule has 2 heterocycles. The van der Waals surface area contributed by atoms with Gasteiger partial charge in [-0.25, -0.2) is 0 Å². The van der Waals surface area contributed by atoms with E-state index in [1.807, 2.05) is 24.3 Å². The molecule has 200 valence electrons. The highest BCUT2D eigenvalue weighted by Gasteiger charge is 2.50. The molecule has 0 spiro atoms. The number of nitrogens with one attached hydrogen (secondary N) is 2. The fourth-order valence-electron chi connectivity index (χ4n) is 5.87. The lowest BCUT2D eigenvalue weighted by Crippen LogP contribution is -2.53. The number of benzene rings is 1. The Balaban J connectivity index is 1.21. The van der Waals surface area contributed by atoms with Gasteiger partial charge in [0.15, 0.2) is 5.82 Å². The number of amides is 1. The molecule has 38 heavy (non-hydrogen) atoms. The molecule has 6 rings (SSSR count). The standard InChI is InChI=1S/C29H35N5O4/c1-37-23-12-8-11-21(17-23)28(15-16-28)32-26(36)29(13-6-3-7-14-29)38-19-22-18-24(35)34-27(30-22)31-25(33-34)20-9-4-2-5-10-20/h2,4,8,11-12,17-18,20H,3,5-7,9-10,13-16,19H2,1H3,(H,32,36)(H,30,31,33). The molecule has 1 atom stereocenters. The number of rotatable bonds is 8. The van der Waals surface area contributed by atoms with Crippen LogP contribution in [0.1, 0.15) is 87.2 Å². The summed E-state index contributed by atoms with van der Waals surface area (Å²) in [7, 11) is 1.65. The molecule has 1 aromatic carbocycles. The number of aromatic nitrogens is 4. The third-order valence-corrected chi connectivity index (χ3v) is 8.34. The van der Waals surface area contributed by atoms with Crippen LogP contribution >= 0.6 is 0 Å². The zero-order valence-corrected chi connectivity index (χ0v) is 21.9. The number of H-pyrrole nitrogens is 1. The molecule has 3 aliphatic carbocycles. The first-order chi connectivity index (χ1) is 18.5. The fourth-order valence-corrected chi connectivity index (χ4v) is 5.87. The van der Waals surface area contributed by atoms with E-state index in [9.17, 15) is 9.59 Å². The molecule has 3 aliphatic rings. The van der Waals surface area contributed by atoms with E-state index in [1.54, 1.807) is 7.11 Å². The van der Waals surface area contributed by atoms with Crippen molar-refractivity contribution in [2.45, 2.75) is 87.9 Å². The molecule has 9 nitrogen and oxygen atoms in total. The van der Waals surface area contributed by atoms with Crippen molar-refractivity contribution in [2.75, 3.05) is 7.11 Å². The first-order valence-electron chi connectivity index (χ1n) is 13.8. The van der Waals surface area contributed by atoms with Crippen LogP contribution in [-0.2, 0) is 21.7 Å². The second kappa shape index (κ2) is 10.0. The average molecular weight is 518 g/mol. The van der Waals surface area contributed by atoms with E-state index < -0.39 is 5.60 Å². The Morgan fingerprint density at radius 1 is 1.16 bits per heavy atom. The van der Waals surface area contributed by atoms with Crippen LogP contribution in [0.25, 0.3) is 5.78 Å². The van der Waals surface area contributed by atoms with E-state index in [-0.39, 0.29) is 29.5 Å². The number of hydrogen-bond acceptors (Lipinski definition) is 6. The van der Waals surface area contributed by atoms with E-state index in [1.165, 1.54) is 10.6 Å². The number of carbonyl (C=O) groups is 1. The van der Waals surface area contributed by atoms with Gasteiger partial charge in [0.25, 0.3) is 11.5 Å². The summed E-state index contributed by atoms with van der Waals surface area (Å²) in [4.78, 5) is 34.5. The van der Waals surface area contributed by atoms with Gasteiger partial charge in [0, 0.05) is 17.7 Å². The second-order valence-electron chi connectivity index (χ2n) is 10.9. The lowest BCUT2D eigenvalue weighted by Gasteiger charge is -2.37. The summed E-state index contributed by atoms with van der Waals surface area (Å²) in [6.07, 6.45) is 13.2. The minimum atomic E-state index is -0.928. The van der Waals surface area contributed by atoms with Gasteiger partial charge >= 0.3 is 0 Å².